The second-order valence-corrected chi connectivity index (χ2v) is 13.7. The summed E-state index contributed by atoms with van der Waals surface area (Å²) in [7, 11) is 1.61. The molecule has 2 aromatic heterocycles. The molecule has 0 bridgehead atoms. The number of carbonyl (C=O) groups excluding carboxylic acids is 2. The van der Waals surface area contributed by atoms with Gasteiger partial charge in [0.1, 0.15) is 4.88 Å². The van der Waals surface area contributed by atoms with E-state index in [1.807, 2.05) is 28.0 Å². The molecule has 2 aliphatic carbocycles. The number of thiazole rings is 1. The lowest BCUT2D eigenvalue weighted by molar-refractivity contribution is -0.345. The van der Waals surface area contributed by atoms with Gasteiger partial charge in [-0.2, -0.15) is 0 Å². The van der Waals surface area contributed by atoms with Crippen LogP contribution in [0.25, 0.3) is 0 Å². The van der Waals surface area contributed by atoms with Crippen molar-refractivity contribution in [2.75, 3.05) is 33.3 Å². The highest BCUT2D eigenvalue weighted by atomic mass is 32.1. The first-order valence-electron chi connectivity index (χ1n) is 14.5. The Kier molecular flexibility index (Phi) is 8.97. The van der Waals surface area contributed by atoms with Crippen molar-refractivity contribution in [1.82, 2.24) is 19.8 Å². The van der Waals surface area contributed by atoms with Crippen molar-refractivity contribution in [2.45, 2.75) is 77.4 Å². The number of aromatic nitrogens is 2. The van der Waals surface area contributed by atoms with Crippen molar-refractivity contribution in [2.24, 2.45) is 16.7 Å². The summed E-state index contributed by atoms with van der Waals surface area (Å²) in [4.78, 5) is 37.9. The van der Waals surface area contributed by atoms with Crippen LogP contribution in [0, 0.1) is 16.7 Å². The highest BCUT2D eigenvalue weighted by molar-refractivity contribution is 7.11. The van der Waals surface area contributed by atoms with Gasteiger partial charge in [0.15, 0.2) is 0 Å². The first-order valence-corrected chi connectivity index (χ1v) is 15.4. The van der Waals surface area contributed by atoms with Gasteiger partial charge in [0, 0.05) is 56.2 Å². The van der Waals surface area contributed by atoms with Crippen LogP contribution in [0.15, 0.2) is 29.9 Å². The van der Waals surface area contributed by atoms with Crippen LogP contribution < -0.4 is 0 Å². The van der Waals surface area contributed by atoms with Gasteiger partial charge in [-0.3, -0.25) is 24.3 Å². The topological polar surface area (TPSA) is 84.9 Å². The fourth-order valence-electron chi connectivity index (χ4n) is 6.49. The van der Waals surface area contributed by atoms with E-state index in [-0.39, 0.29) is 28.6 Å². The zero-order valence-corrected chi connectivity index (χ0v) is 25.2. The Morgan fingerprint density at radius 3 is 2.38 bits per heavy atom. The minimum absolute atomic E-state index is 0.0903. The van der Waals surface area contributed by atoms with Gasteiger partial charge in [-0.25, -0.2) is 0 Å². The van der Waals surface area contributed by atoms with Crippen LogP contribution in [-0.2, 0) is 20.9 Å². The number of ether oxygens (including phenoxy) is 2. The number of likely N-dealkylation sites (tertiary alicyclic amines) is 2. The van der Waals surface area contributed by atoms with E-state index in [0.717, 1.165) is 50.4 Å². The molecule has 0 aromatic carbocycles. The Balaban J connectivity index is 0.000000169. The largest absolute Gasteiger partial charge is 0.522 e. The Hall–Kier alpha value is -2.57. The Labute approximate surface area is 248 Å². The molecule has 2 aromatic rings. The van der Waals surface area contributed by atoms with Gasteiger partial charge in [0.2, 0.25) is 5.91 Å². The average Bonchev–Trinajstić information content (AvgIpc) is 3.31. The van der Waals surface area contributed by atoms with E-state index in [1.54, 1.807) is 18.8 Å². The molecule has 42 heavy (non-hydrogen) atoms. The number of hydrogen-bond acceptors (Lipinski definition) is 7. The number of nitrogens with zero attached hydrogens (tertiary/aromatic N) is 4. The van der Waals surface area contributed by atoms with Crippen LogP contribution in [0.4, 0.5) is 13.2 Å². The van der Waals surface area contributed by atoms with Crippen LogP contribution in [0.1, 0.15) is 79.3 Å². The molecule has 1 spiro atoms. The van der Waals surface area contributed by atoms with Crippen LogP contribution in [-0.4, -0.2) is 77.3 Å². The fourth-order valence-corrected chi connectivity index (χ4v) is 7.08. The minimum Gasteiger partial charge on any atom is -0.378 e. The quantitative estimate of drug-likeness (QED) is 0.421. The van der Waals surface area contributed by atoms with E-state index in [4.69, 9.17) is 4.74 Å². The molecule has 1 unspecified atom stereocenters. The van der Waals surface area contributed by atoms with Crippen molar-refractivity contribution in [3.05, 3.63) is 46.2 Å². The first kappa shape index (κ1) is 30.9. The monoisotopic (exact) mass is 608 g/mol. The van der Waals surface area contributed by atoms with Crippen LogP contribution >= 0.6 is 11.3 Å². The van der Waals surface area contributed by atoms with Crippen molar-refractivity contribution < 1.29 is 32.2 Å². The lowest BCUT2D eigenvalue weighted by atomic mass is 9.78. The Morgan fingerprint density at radius 1 is 1.10 bits per heavy atom. The van der Waals surface area contributed by atoms with E-state index >= 15 is 0 Å². The van der Waals surface area contributed by atoms with Gasteiger partial charge < -0.3 is 14.5 Å². The molecule has 2 aliphatic heterocycles. The van der Waals surface area contributed by atoms with E-state index < -0.39 is 12.5 Å². The van der Waals surface area contributed by atoms with Crippen molar-refractivity contribution in [1.29, 1.82) is 0 Å². The number of halogens is 3. The van der Waals surface area contributed by atoms with E-state index in [1.165, 1.54) is 11.3 Å². The molecule has 6 rings (SSSR count). The second kappa shape index (κ2) is 12.2. The molecule has 0 N–H and O–H groups in total. The van der Waals surface area contributed by atoms with Crippen LogP contribution in [0.3, 0.4) is 0 Å². The molecule has 230 valence electrons. The number of pyridine rings is 1. The van der Waals surface area contributed by atoms with E-state index in [2.05, 4.69) is 28.6 Å². The average molecular weight is 609 g/mol. The molecule has 2 saturated carbocycles. The van der Waals surface area contributed by atoms with Crippen LogP contribution in [0.2, 0.25) is 0 Å². The van der Waals surface area contributed by atoms with Crippen molar-refractivity contribution >= 4 is 23.2 Å². The third kappa shape index (κ3) is 7.31. The summed E-state index contributed by atoms with van der Waals surface area (Å²) in [6, 6.07) is 5.72. The molecule has 1 atom stereocenters. The number of alkyl halides is 3. The first-order chi connectivity index (χ1) is 19.9. The Morgan fingerprint density at radius 2 is 1.79 bits per heavy atom. The maximum atomic E-state index is 12.4. The van der Waals surface area contributed by atoms with Crippen molar-refractivity contribution in [3.63, 3.8) is 0 Å². The summed E-state index contributed by atoms with van der Waals surface area (Å²) in [6.07, 6.45) is 0.599. The number of amides is 2. The lowest BCUT2D eigenvalue weighted by Crippen LogP contribution is -2.60. The van der Waals surface area contributed by atoms with Gasteiger partial charge in [-0.15, -0.1) is 24.5 Å². The smallest absolute Gasteiger partial charge is 0.378 e. The number of methoxy groups -OCH3 is 1. The lowest BCUT2D eigenvalue weighted by Gasteiger charge is -2.48. The summed E-state index contributed by atoms with van der Waals surface area (Å²) in [5.74, 6) is 0.844. The summed E-state index contributed by atoms with van der Waals surface area (Å²) in [5, 5.41) is 0. The summed E-state index contributed by atoms with van der Waals surface area (Å²) >= 11 is 1.39. The van der Waals surface area contributed by atoms with Crippen LogP contribution in [0.5, 0.6) is 0 Å². The Bertz CT molecular complexity index is 1240. The molecule has 8 nitrogen and oxygen atoms in total. The molecule has 12 heteroatoms. The minimum atomic E-state index is -4.53. The van der Waals surface area contributed by atoms with Gasteiger partial charge >= 0.3 is 6.36 Å². The number of rotatable bonds is 6. The zero-order valence-electron chi connectivity index (χ0n) is 24.4. The van der Waals surface area contributed by atoms with Gasteiger partial charge in [-0.1, -0.05) is 19.9 Å². The zero-order chi connectivity index (χ0) is 30.1. The van der Waals surface area contributed by atoms with Gasteiger partial charge in [-0.05, 0) is 56.1 Å². The van der Waals surface area contributed by atoms with E-state index in [9.17, 15) is 22.8 Å². The molecule has 0 radical (unpaired) electrons. The summed E-state index contributed by atoms with van der Waals surface area (Å²) < 4.78 is 45.6. The predicted molar refractivity (Wildman–Crippen MR) is 151 cm³/mol. The fraction of sp³-hybridized carbons (Fsp3) is 0.667. The van der Waals surface area contributed by atoms with Crippen molar-refractivity contribution in [3.8, 4) is 0 Å². The third-order valence-electron chi connectivity index (χ3n) is 9.06. The van der Waals surface area contributed by atoms with E-state index in [0.29, 0.717) is 43.1 Å². The maximum absolute atomic E-state index is 12.4. The predicted octanol–water partition coefficient (Wildman–Crippen LogP) is 5.65. The molecular formula is C30H39F3N4O4S. The maximum Gasteiger partial charge on any atom is 0.522 e. The third-order valence-corrected chi connectivity index (χ3v) is 9.82. The molecule has 2 saturated heterocycles. The highest BCUT2D eigenvalue weighted by Gasteiger charge is 2.57. The summed E-state index contributed by atoms with van der Waals surface area (Å²) in [6.45, 7) is 8.00. The molecule has 4 heterocycles. The molecule has 2 amide bonds. The highest BCUT2D eigenvalue weighted by Crippen LogP contribution is 2.54. The molecule has 4 fully saturated rings. The molecular weight excluding hydrogens is 569 g/mol. The number of hydrogen-bond donors (Lipinski definition) is 0. The summed E-state index contributed by atoms with van der Waals surface area (Å²) in [5.41, 5.74) is 3.82. The SMILES string of the molecule is CC1(C)CC1C(=O)N1CC2(CCN(C(=O)c3cncs3)C2)C1.COCc1cccc(C2CCC(OC(F)(F)F)CC2)n1. The number of carbonyl (C=O) groups is 2. The van der Waals surface area contributed by atoms with Gasteiger partial charge in [0.25, 0.3) is 5.91 Å². The normalized spacial score (nSPS) is 25.9. The standard InChI is InChI=1S/C16H21N3O2S.C14H18F3NO2/c1-15(2)5-11(15)13(20)19-8-16(9-19)3-4-18(7-16)14(21)12-6-17-10-22-12;1-19-9-11-3-2-4-13(18-11)10-5-7-12(8-6-10)20-14(15,16)17/h6,10-11H,3-5,7-9H2,1-2H3;2-4,10,12H,5-9H2,1H3. The molecule has 4 aliphatic rings. The van der Waals surface area contributed by atoms with Gasteiger partial charge in [0.05, 0.1) is 30.1 Å². The second-order valence-electron chi connectivity index (χ2n) is 12.8.